The maximum atomic E-state index is 12.6. The van der Waals surface area contributed by atoms with E-state index < -0.39 is 19.9 Å². The topological polar surface area (TPSA) is 130 Å². The summed E-state index contributed by atoms with van der Waals surface area (Å²) in [6.07, 6.45) is 42.4. The summed E-state index contributed by atoms with van der Waals surface area (Å²) in [6, 6.07) is 0. The molecule has 9 nitrogen and oxygen atoms in total. The van der Waals surface area contributed by atoms with Crippen LogP contribution in [0.4, 0.5) is 0 Å². The highest BCUT2D eigenvalue weighted by Crippen LogP contribution is 2.43. The van der Waals surface area contributed by atoms with Crippen LogP contribution in [0.25, 0.3) is 0 Å². The maximum Gasteiger partial charge on any atom is 0.472 e. The lowest BCUT2D eigenvalue weighted by Crippen LogP contribution is -2.28. The van der Waals surface area contributed by atoms with Crippen molar-refractivity contribution >= 4 is 13.8 Å². The molecule has 1 rings (SSSR count). The van der Waals surface area contributed by atoms with Gasteiger partial charge >= 0.3 is 13.8 Å². The molecule has 1 heterocycles. The number of phosphoric ester groups is 1. The van der Waals surface area contributed by atoms with E-state index in [2.05, 4.69) is 50.3 Å². The Morgan fingerprint density at radius 2 is 1.29 bits per heavy atom. The van der Waals surface area contributed by atoms with Crippen LogP contribution >= 0.6 is 7.82 Å². The zero-order valence-electron chi connectivity index (χ0n) is 32.3. The molecule has 1 aliphatic rings. The molecule has 0 aromatic carbocycles. The third kappa shape index (κ3) is 31.5. The number of nitrogens with two attached hydrogens (primary N) is 1. The van der Waals surface area contributed by atoms with Crippen LogP contribution in [0.1, 0.15) is 162 Å². The van der Waals surface area contributed by atoms with Crippen LogP contribution in [-0.4, -0.2) is 55.5 Å². The SMILES string of the molecule is CCCCC/C=C\C/C=C\C/C=C\CC1OC1CCCC(=O)OC(CO/C=C\CCCCCCCCCCCCCC)COP(=O)(O)OCCN. The molecule has 4 atom stereocenters. The van der Waals surface area contributed by atoms with E-state index in [-0.39, 0.29) is 45.0 Å². The summed E-state index contributed by atoms with van der Waals surface area (Å²) in [6.45, 7) is 4.11. The number of esters is 1. The monoisotopic (exact) mass is 740 g/mol. The van der Waals surface area contributed by atoms with E-state index in [1.54, 1.807) is 6.26 Å². The van der Waals surface area contributed by atoms with Crippen LogP contribution in [0.2, 0.25) is 0 Å². The second-order valence-electron chi connectivity index (χ2n) is 13.6. The van der Waals surface area contributed by atoms with Gasteiger partial charge in [-0.2, -0.15) is 0 Å². The highest BCUT2D eigenvalue weighted by Gasteiger charge is 2.36. The quantitative estimate of drug-likeness (QED) is 0.0160. The van der Waals surface area contributed by atoms with Crippen LogP contribution in [0.3, 0.4) is 0 Å². The fourth-order valence-electron chi connectivity index (χ4n) is 5.64. The molecule has 4 unspecified atom stereocenters. The van der Waals surface area contributed by atoms with Crippen LogP contribution in [0.5, 0.6) is 0 Å². The minimum Gasteiger partial charge on any atom is -0.498 e. The van der Waals surface area contributed by atoms with Crippen molar-refractivity contribution in [1.29, 1.82) is 0 Å². The lowest BCUT2D eigenvalue weighted by atomic mass is 10.0. The van der Waals surface area contributed by atoms with E-state index in [4.69, 9.17) is 29.0 Å². The van der Waals surface area contributed by atoms with E-state index in [1.165, 1.54) is 96.3 Å². The first kappa shape index (κ1) is 47.3. The molecule has 1 saturated heterocycles. The Bertz CT molecular complexity index is 985. The number of rotatable bonds is 37. The maximum absolute atomic E-state index is 12.6. The molecule has 0 aliphatic carbocycles. The fraction of sp³-hybridized carbons (Fsp3) is 0.780. The number of hydrogen-bond donors (Lipinski definition) is 2. The summed E-state index contributed by atoms with van der Waals surface area (Å²) in [4.78, 5) is 22.5. The minimum atomic E-state index is -4.31. The molecular weight excluding hydrogens is 665 g/mol. The molecule has 0 amide bonds. The number of hydrogen-bond acceptors (Lipinski definition) is 8. The highest BCUT2D eigenvalue weighted by atomic mass is 31.2. The van der Waals surface area contributed by atoms with Gasteiger partial charge in [-0.05, 0) is 63.9 Å². The third-order valence-electron chi connectivity index (χ3n) is 8.74. The lowest BCUT2D eigenvalue weighted by molar-refractivity contribution is -0.153. The van der Waals surface area contributed by atoms with Gasteiger partial charge in [-0.3, -0.25) is 13.8 Å². The Labute approximate surface area is 311 Å². The molecule has 1 aliphatic heterocycles. The van der Waals surface area contributed by atoms with Crippen LogP contribution in [0, 0.1) is 0 Å². The summed E-state index contributed by atoms with van der Waals surface area (Å²) >= 11 is 0. The zero-order chi connectivity index (χ0) is 37.1. The number of unbranched alkanes of at least 4 members (excludes halogenated alkanes) is 15. The van der Waals surface area contributed by atoms with Crippen LogP contribution in [0.15, 0.2) is 48.8 Å². The van der Waals surface area contributed by atoms with Gasteiger partial charge in [-0.25, -0.2) is 4.57 Å². The highest BCUT2D eigenvalue weighted by molar-refractivity contribution is 7.47. The third-order valence-corrected chi connectivity index (χ3v) is 9.72. The molecule has 1 fully saturated rings. The molecule has 296 valence electrons. The number of phosphoric acid groups is 1. The average Bonchev–Trinajstić information content (AvgIpc) is 3.87. The van der Waals surface area contributed by atoms with Gasteiger partial charge in [-0.15, -0.1) is 0 Å². The summed E-state index contributed by atoms with van der Waals surface area (Å²) < 4.78 is 38.9. The minimum absolute atomic E-state index is 0.00263. The van der Waals surface area contributed by atoms with E-state index in [1.807, 2.05) is 6.08 Å². The van der Waals surface area contributed by atoms with Crippen molar-refractivity contribution in [3.63, 3.8) is 0 Å². The van der Waals surface area contributed by atoms with Gasteiger partial charge < -0.3 is 24.8 Å². The molecule has 0 aromatic heterocycles. The van der Waals surface area contributed by atoms with Crippen molar-refractivity contribution in [3.05, 3.63) is 48.8 Å². The Morgan fingerprint density at radius 1 is 0.725 bits per heavy atom. The molecule has 0 radical (unpaired) electrons. The molecular formula is C41H74NO8P. The molecule has 0 aromatic rings. The predicted molar refractivity (Wildman–Crippen MR) is 209 cm³/mol. The summed E-state index contributed by atoms with van der Waals surface area (Å²) in [5, 5.41) is 0. The van der Waals surface area contributed by atoms with E-state index in [0.717, 1.165) is 38.5 Å². The predicted octanol–water partition coefficient (Wildman–Crippen LogP) is 11.0. The molecule has 51 heavy (non-hydrogen) atoms. The van der Waals surface area contributed by atoms with Gasteiger partial charge in [0, 0.05) is 13.0 Å². The van der Waals surface area contributed by atoms with Crippen molar-refractivity contribution in [2.24, 2.45) is 5.73 Å². The van der Waals surface area contributed by atoms with Gasteiger partial charge in [0.15, 0.2) is 6.10 Å². The van der Waals surface area contributed by atoms with Crippen molar-refractivity contribution < 1.29 is 37.5 Å². The zero-order valence-corrected chi connectivity index (χ0v) is 33.2. The number of epoxide rings is 1. The van der Waals surface area contributed by atoms with Gasteiger partial charge in [0.2, 0.25) is 0 Å². The Balaban J connectivity index is 2.24. The number of ether oxygens (including phenoxy) is 3. The smallest absolute Gasteiger partial charge is 0.472 e. The van der Waals surface area contributed by atoms with Crippen molar-refractivity contribution in [2.75, 3.05) is 26.4 Å². The van der Waals surface area contributed by atoms with Crippen molar-refractivity contribution in [2.45, 2.75) is 180 Å². The van der Waals surface area contributed by atoms with Gasteiger partial charge in [0.25, 0.3) is 0 Å². The molecule has 10 heteroatoms. The summed E-state index contributed by atoms with van der Waals surface area (Å²) in [5.74, 6) is -0.414. The first-order valence-corrected chi connectivity index (χ1v) is 21.8. The molecule has 0 bridgehead atoms. The first-order chi connectivity index (χ1) is 24.9. The van der Waals surface area contributed by atoms with Gasteiger partial charge in [-0.1, -0.05) is 134 Å². The van der Waals surface area contributed by atoms with Crippen molar-refractivity contribution in [1.82, 2.24) is 0 Å². The molecule has 3 N–H and O–H groups in total. The van der Waals surface area contributed by atoms with E-state index in [9.17, 15) is 14.3 Å². The van der Waals surface area contributed by atoms with Gasteiger partial charge in [0.1, 0.15) is 6.61 Å². The number of carbonyl (C=O) groups excluding carboxylic acids is 1. The first-order valence-electron chi connectivity index (χ1n) is 20.3. The largest absolute Gasteiger partial charge is 0.498 e. The van der Waals surface area contributed by atoms with E-state index >= 15 is 0 Å². The molecule has 0 saturated carbocycles. The van der Waals surface area contributed by atoms with Crippen LogP contribution < -0.4 is 5.73 Å². The van der Waals surface area contributed by atoms with Crippen LogP contribution in [-0.2, 0) is 32.6 Å². The Hall–Kier alpha value is -1.74. The van der Waals surface area contributed by atoms with E-state index in [0.29, 0.717) is 6.42 Å². The Morgan fingerprint density at radius 3 is 1.96 bits per heavy atom. The fourth-order valence-corrected chi connectivity index (χ4v) is 6.40. The summed E-state index contributed by atoms with van der Waals surface area (Å²) in [7, 11) is -4.31. The lowest BCUT2D eigenvalue weighted by Gasteiger charge is -2.19. The molecule has 0 spiro atoms. The standard InChI is InChI=1S/C41H74NO8P/c1-3-5-7-9-11-13-15-17-18-20-22-24-26-28-34-46-36-38(37-48-51(44,45)47-35-33-42)49-41(43)32-29-31-40-39(50-40)30-27-25-23-21-19-16-14-12-10-8-6-4-2/h12,14,19,21,25,27-28,34,38-40H,3-11,13,15-18,20,22-24,26,29-33,35-37,42H2,1-2H3,(H,44,45)/b14-12-,21-19-,27-25-,34-28-. The Kier molecular flexibility index (Phi) is 31.6. The number of allylic oxidation sites excluding steroid dienone is 6. The van der Waals surface area contributed by atoms with Crippen molar-refractivity contribution in [3.8, 4) is 0 Å². The number of carbonyl (C=O) groups is 1. The normalized spacial score (nSPS) is 18.0. The second-order valence-corrected chi connectivity index (χ2v) is 15.1. The second kappa shape index (κ2) is 34.1. The van der Waals surface area contributed by atoms with Gasteiger partial charge in [0.05, 0.1) is 31.7 Å². The summed E-state index contributed by atoms with van der Waals surface area (Å²) in [5.41, 5.74) is 5.35. The average molecular weight is 740 g/mol.